The molecule has 0 unspecified atom stereocenters. The number of rotatable bonds is 5. The molecule has 0 saturated carbocycles. The van der Waals surface area contributed by atoms with Crippen molar-refractivity contribution in [2.24, 2.45) is 0 Å². The molecule has 0 bridgehead atoms. The Kier molecular flexibility index (Phi) is 6.02. The van der Waals surface area contributed by atoms with Gasteiger partial charge in [0.1, 0.15) is 6.10 Å². The first-order valence-electron chi connectivity index (χ1n) is 8.34. The van der Waals surface area contributed by atoms with Crippen molar-refractivity contribution in [1.82, 2.24) is 14.8 Å². The average Bonchev–Trinajstić information content (AvgIpc) is 2.63. The van der Waals surface area contributed by atoms with Gasteiger partial charge in [0.25, 0.3) is 0 Å². The van der Waals surface area contributed by atoms with Crippen molar-refractivity contribution in [2.45, 2.75) is 12.6 Å². The third-order valence-electron chi connectivity index (χ3n) is 4.24. The van der Waals surface area contributed by atoms with E-state index in [1.165, 1.54) is 0 Å². The number of nitrogens with zero attached hydrogens (tertiary/aromatic N) is 3. The van der Waals surface area contributed by atoms with Crippen molar-refractivity contribution in [3.63, 3.8) is 0 Å². The molecule has 1 aromatic carbocycles. The number of halogens is 1. The van der Waals surface area contributed by atoms with Gasteiger partial charge in [-0.3, -0.25) is 14.7 Å². The van der Waals surface area contributed by atoms with Gasteiger partial charge in [0.15, 0.2) is 0 Å². The van der Waals surface area contributed by atoms with Gasteiger partial charge in [-0.15, -0.1) is 0 Å². The van der Waals surface area contributed by atoms with E-state index in [2.05, 4.69) is 4.98 Å². The van der Waals surface area contributed by atoms with Gasteiger partial charge < -0.3 is 9.64 Å². The predicted molar refractivity (Wildman–Crippen MR) is 97.3 cm³/mol. The molecular weight excluding hydrogens is 338 g/mol. The molecule has 1 amide bonds. The minimum Gasteiger partial charge on any atom is -0.370 e. The Morgan fingerprint density at radius 3 is 2.88 bits per heavy atom. The number of pyridine rings is 1. The lowest BCUT2D eigenvalue weighted by Crippen LogP contribution is -2.46. The number of carbonyl (C=O) groups is 1. The summed E-state index contributed by atoms with van der Waals surface area (Å²) in [5.41, 5.74) is 2.14. The van der Waals surface area contributed by atoms with Crippen LogP contribution in [-0.2, 0) is 16.1 Å². The van der Waals surface area contributed by atoms with E-state index in [1.807, 2.05) is 59.4 Å². The fourth-order valence-electron chi connectivity index (χ4n) is 2.95. The molecule has 2 heterocycles. The van der Waals surface area contributed by atoms with Crippen LogP contribution in [0.5, 0.6) is 0 Å². The number of benzene rings is 1. The molecule has 132 valence electrons. The maximum Gasteiger partial charge on any atom is 0.236 e. The van der Waals surface area contributed by atoms with Crippen LogP contribution in [0.3, 0.4) is 0 Å². The zero-order valence-corrected chi connectivity index (χ0v) is 15.0. The molecule has 1 fully saturated rings. The summed E-state index contributed by atoms with van der Waals surface area (Å²) in [6.07, 6.45) is 3.48. The van der Waals surface area contributed by atoms with Crippen LogP contribution >= 0.6 is 11.6 Å². The normalized spacial score (nSPS) is 17.7. The van der Waals surface area contributed by atoms with Gasteiger partial charge >= 0.3 is 0 Å². The van der Waals surface area contributed by atoms with E-state index in [1.54, 1.807) is 6.20 Å². The van der Waals surface area contributed by atoms with Crippen LogP contribution in [0, 0.1) is 0 Å². The molecule has 1 atom stereocenters. The zero-order valence-electron chi connectivity index (χ0n) is 14.3. The molecule has 3 rings (SSSR count). The second-order valence-corrected chi connectivity index (χ2v) is 6.72. The minimum atomic E-state index is -0.0985. The highest BCUT2D eigenvalue weighted by Crippen LogP contribution is 2.23. The molecule has 0 N–H and O–H groups in total. The second-order valence-electron chi connectivity index (χ2n) is 6.28. The number of amides is 1. The number of likely N-dealkylation sites (N-methyl/N-ethyl adjacent to an activating group) is 1. The Balaban J connectivity index is 1.55. The molecule has 1 saturated heterocycles. The van der Waals surface area contributed by atoms with E-state index in [9.17, 15) is 4.79 Å². The Hall–Kier alpha value is -1.95. The second kappa shape index (κ2) is 8.43. The Morgan fingerprint density at radius 2 is 2.16 bits per heavy atom. The molecular formula is C19H22ClN3O2. The van der Waals surface area contributed by atoms with Gasteiger partial charge in [-0.25, -0.2) is 0 Å². The quantitative estimate of drug-likeness (QED) is 0.823. The lowest BCUT2D eigenvalue weighted by molar-refractivity contribution is -0.140. The van der Waals surface area contributed by atoms with Crippen molar-refractivity contribution in [1.29, 1.82) is 0 Å². The first-order valence-corrected chi connectivity index (χ1v) is 8.72. The van der Waals surface area contributed by atoms with Crippen LogP contribution in [0.1, 0.15) is 17.2 Å². The summed E-state index contributed by atoms with van der Waals surface area (Å²) in [6, 6.07) is 11.5. The molecule has 6 heteroatoms. The highest BCUT2D eigenvalue weighted by Gasteiger charge is 2.25. The fourth-order valence-corrected chi connectivity index (χ4v) is 3.07. The van der Waals surface area contributed by atoms with Crippen LogP contribution < -0.4 is 0 Å². The highest BCUT2D eigenvalue weighted by molar-refractivity contribution is 6.30. The number of hydrogen-bond acceptors (Lipinski definition) is 4. The van der Waals surface area contributed by atoms with Crippen LogP contribution in [0.4, 0.5) is 0 Å². The summed E-state index contributed by atoms with van der Waals surface area (Å²) >= 11 is 5.94. The van der Waals surface area contributed by atoms with Crippen molar-refractivity contribution in [2.75, 3.05) is 33.3 Å². The summed E-state index contributed by atoms with van der Waals surface area (Å²) in [5, 5.41) is 0.699. The summed E-state index contributed by atoms with van der Waals surface area (Å²) in [6.45, 7) is 2.82. The smallest absolute Gasteiger partial charge is 0.236 e. The molecule has 1 aliphatic rings. The monoisotopic (exact) mass is 359 g/mol. The van der Waals surface area contributed by atoms with Gasteiger partial charge in [0.2, 0.25) is 5.91 Å². The first-order chi connectivity index (χ1) is 12.1. The third-order valence-corrected chi connectivity index (χ3v) is 4.49. The molecule has 0 spiro atoms. The number of ether oxygens (including phenoxy) is 1. The maximum absolute atomic E-state index is 12.6. The van der Waals surface area contributed by atoms with Crippen molar-refractivity contribution in [3.8, 4) is 0 Å². The van der Waals surface area contributed by atoms with E-state index < -0.39 is 0 Å². The van der Waals surface area contributed by atoms with Crippen LogP contribution in [0.25, 0.3) is 0 Å². The fraction of sp³-hybridized carbons (Fsp3) is 0.368. The predicted octanol–water partition coefficient (Wildman–Crippen LogP) is 2.77. The van der Waals surface area contributed by atoms with E-state index in [-0.39, 0.29) is 12.0 Å². The Morgan fingerprint density at radius 1 is 1.36 bits per heavy atom. The number of hydrogen-bond donors (Lipinski definition) is 0. The Labute approximate surface area is 153 Å². The number of carbonyl (C=O) groups excluding carboxylic acids is 1. The topological polar surface area (TPSA) is 45.7 Å². The van der Waals surface area contributed by atoms with Crippen LogP contribution in [0.2, 0.25) is 5.02 Å². The summed E-state index contributed by atoms with van der Waals surface area (Å²) in [5.74, 6) is 0.119. The van der Waals surface area contributed by atoms with Gasteiger partial charge in [-0.2, -0.15) is 0 Å². The molecule has 25 heavy (non-hydrogen) atoms. The summed E-state index contributed by atoms with van der Waals surface area (Å²) < 4.78 is 5.83. The summed E-state index contributed by atoms with van der Waals surface area (Å²) in [4.78, 5) is 20.6. The largest absolute Gasteiger partial charge is 0.370 e. The maximum atomic E-state index is 12.6. The first kappa shape index (κ1) is 17.9. The SMILES string of the molecule is CN(CC(=O)N1CCO[C@@H](c2ccc(Cl)cc2)C1)Cc1cccnc1. The van der Waals surface area contributed by atoms with E-state index in [4.69, 9.17) is 16.3 Å². The van der Waals surface area contributed by atoms with Crippen molar-refractivity contribution >= 4 is 17.5 Å². The third kappa shape index (κ3) is 5.01. The molecule has 5 nitrogen and oxygen atoms in total. The van der Waals surface area contributed by atoms with Crippen molar-refractivity contribution < 1.29 is 9.53 Å². The van der Waals surface area contributed by atoms with Gasteiger partial charge in [0, 0.05) is 30.5 Å². The molecule has 1 aromatic heterocycles. The molecule has 0 aliphatic carbocycles. The Bertz CT molecular complexity index is 694. The van der Waals surface area contributed by atoms with Gasteiger partial charge in [-0.05, 0) is 36.4 Å². The van der Waals surface area contributed by atoms with E-state index in [0.29, 0.717) is 37.8 Å². The van der Waals surface area contributed by atoms with Crippen LogP contribution in [-0.4, -0.2) is 54.0 Å². The standard InChI is InChI=1S/C19H22ClN3O2/c1-22(12-15-3-2-8-21-11-15)14-19(24)23-9-10-25-18(13-23)16-4-6-17(20)7-5-16/h2-8,11,18H,9-10,12-14H2,1H3/t18-/m1/s1. The van der Waals surface area contributed by atoms with Gasteiger partial charge in [-0.1, -0.05) is 29.8 Å². The van der Waals surface area contributed by atoms with E-state index in [0.717, 1.165) is 11.1 Å². The van der Waals surface area contributed by atoms with Crippen molar-refractivity contribution in [3.05, 3.63) is 64.9 Å². The minimum absolute atomic E-state index is 0.0985. The number of aromatic nitrogens is 1. The van der Waals surface area contributed by atoms with E-state index >= 15 is 0 Å². The number of morpholine rings is 1. The lowest BCUT2D eigenvalue weighted by atomic mass is 10.1. The summed E-state index contributed by atoms with van der Waals surface area (Å²) in [7, 11) is 1.95. The molecule has 1 aliphatic heterocycles. The zero-order chi connectivity index (χ0) is 17.6. The highest BCUT2D eigenvalue weighted by atomic mass is 35.5. The average molecular weight is 360 g/mol. The molecule has 0 radical (unpaired) electrons. The van der Waals surface area contributed by atoms with Gasteiger partial charge in [0.05, 0.1) is 19.7 Å². The lowest BCUT2D eigenvalue weighted by Gasteiger charge is -2.34. The molecule has 2 aromatic rings. The van der Waals surface area contributed by atoms with Crippen LogP contribution in [0.15, 0.2) is 48.8 Å².